The third-order valence-corrected chi connectivity index (χ3v) is 3.01. The van der Waals surface area contributed by atoms with Crippen molar-refractivity contribution in [2.24, 2.45) is 0 Å². The maximum absolute atomic E-state index is 11.6. The van der Waals surface area contributed by atoms with Gasteiger partial charge in [0.25, 0.3) is 0 Å². The van der Waals surface area contributed by atoms with Crippen LogP contribution in [0, 0.1) is 0 Å². The topological polar surface area (TPSA) is 59.0 Å². The van der Waals surface area contributed by atoms with Crippen LogP contribution in [0.1, 0.15) is 25.7 Å². The van der Waals surface area contributed by atoms with E-state index < -0.39 is 0 Å². The largest absolute Gasteiger partial charge is 0.338 e. The Morgan fingerprint density at radius 3 is 3.17 bits per heavy atom. The number of nitrogens with one attached hydrogen (secondary N) is 2. The molecule has 0 aliphatic heterocycles. The number of nitrogens with zero attached hydrogens (tertiary/aromatic N) is 2. The van der Waals surface area contributed by atoms with E-state index >= 15 is 0 Å². The van der Waals surface area contributed by atoms with Crippen LogP contribution < -0.4 is 10.6 Å². The van der Waals surface area contributed by atoms with Crippen molar-refractivity contribution in [2.75, 3.05) is 6.54 Å². The third kappa shape index (κ3) is 4.24. The first-order valence-electron chi connectivity index (χ1n) is 6.51. The highest BCUT2D eigenvalue weighted by atomic mass is 16.2. The van der Waals surface area contributed by atoms with Crippen molar-refractivity contribution in [3.63, 3.8) is 0 Å². The molecular formula is C13H20N4O. The molecule has 5 nitrogen and oxygen atoms in total. The molecule has 0 aromatic carbocycles. The van der Waals surface area contributed by atoms with E-state index in [1.807, 2.05) is 10.8 Å². The molecule has 2 N–H and O–H groups in total. The third-order valence-electron chi connectivity index (χ3n) is 3.01. The van der Waals surface area contributed by atoms with Crippen molar-refractivity contribution in [1.82, 2.24) is 20.2 Å². The zero-order valence-corrected chi connectivity index (χ0v) is 10.5. The van der Waals surface area contributed by atoms with E-state index in [2.05, 4.69) is 27.8 Å². The molecular weight excluding hydrogens is 228 g/mol. The Hall–Kier alpha value is -1.78. The van der Waals surface area contributed by atoms with Gasteiger partial charge in [0.05, 0.1) is 6.33 Å². The Kier molecular flexibility index (Phi) is 4.81. The number of aryl methyl sites for hydroxylation is 1. The Morgan fingerprint density at radius 2 is 2.44 bits per heavy atom. The van der Waals surface area contributed by atoms with Gasteiger partial charge in [0.1, 0.15) is 0 Å². The fourth-order valence-corrected chi connectivity index (χ4v) is 2.03. The number of allylic oxidation sites excluding steroid dienone is 1. The van der Waals surface area contributed by atoms with Crippen LogP contribution in [-0.4, -0.2) is 28.2 Å². The van der Waals surface area contributed by atoms with Crippen molar-refractivity contribution in [3.05, 3.63) is 30.9 Å². The Morgan fingerprint density at radius 1 is 1.50 bits per heavy atom. The maximum Gasteiger partial charge on any atom is 0.315 e. The Bertz CT molecular complexity index is 386. The van der Waals surface area contributed by atoms with Gasteiger partial charge in [0, 0.05) is 31.5 Å². The lowest BCUT2D eigenvalue weighted by Crippen LogP contribution is -2.42. The molecule has 1 atom stereocenters. The molecule has 0 bridgehead atoms. The minimum atomic E-state index is -0.0721. The molecule has 5 heteroatoms. The standard InChI is InChI=1S/C13H20N4O/c18-13(16-12-5-2-1-3-6-12)15-7-4-9-17-10-8-14-11-17/h2,5,8,10-12H,1,3-4,6-7,9H2,(H2,15,16,18)/t12-/m1/s1. The summed E-state index contributed by atoms with van der Waals surface area (Å²) in [6.07, 6.45) is 13.9. The number of hydrogen-bond acceptors (Lipinski definition) is 2. The van der Waals surface area contributed by atoms with Gasteiger partial charge in [0.15, 0.2) is 0 Å². The van der Waals surface area contributed by atoms with Gasteiger partial charge in [-0.05, 0) is 25.7 Å². The molecule has 0 saturated heterocycles. The minimum absolute atomic E-state index is 0.0721. The molecule has 2 amide bonds. The van der Waals surface area contributed by atoms with Crippen LogP contribution in [0.4, 0.5) is 4.79 Å². The van der Waals surface area contributed by atoms with E-state index in [0.29, 0.717) is 6.54 Å². The predicted molar refractivity (Wildman–Crippen MR) is 70.2 cm³/mol. The summed E-state index contributed by atoms with van der Waals surface area (Å²) in [5, 5.41) is 5.83. The zero-order valence-electron chi connectivity index (χ0n) is 10.5. The van der Waals surface area contributed by atoms with E-state index in [0.717, 1.165) is 32.2 Å². The van der Waals surface area contributed by atoms with Gasteiger partial charge in [-0.3, -0.25) is 0 Å². The summed E-state index contributed by atoms with van der Waals surface area (Å²) in [5.74, 6) is 0. The number of aromatic nitrogens is 2. The van der Waals surface area contributed by atoms with Crippen molar-refractivity contribution < 1.29 is 4.79 Å². The van der Waals surface area contributed by atoms with Crippen LogP contribution in [0.25, 0.3) is 0 Å². The van der Waals surface area contributed by atoms with Crippen molar-refractivity contribution in [3.8, 4) is 0 Å². The molecule has 0 radical (unpaired) electrons. The van der Waals surface area contributed by atoms with Crippen LogP contribution in [0.2, 0.25) is 0 Å². The second-order valence-corrected chi connectivity index (χ2v) is 4.52. The van der Waals surface area contributed by atoms with E-state index in [9.17, 15) is 4.79 Å². The van der Waals surface area contributed by atoms with Crippen molar-refractivity contribution in [2.45, 2.75) is 38.3 Å². The van der Waals surface area contributed by atoms with Crippen molar-refractivity contribution in [1.29, 1.82) is 0 Å². The van der Waals surface area contributed by atoms with Crippen LogP contribution in [0.3, 0.4) is 0 Å². The molecule has 1 heterocycles. The maximum atomic E-state index is 11.6. The quantitative estimate of drug-likeness (QED) is 0.615. The van der Waals surface area contributed by atoms with Gasteiger partial charge in [0.2, 0.25) is 0 Å². The van der Waals surface area contributed by atoms with E-state index in [1.165, 1.54) is 0 Å². The number of carbonyl (C=O) groups is 1. The Balaban J connectivity index is 1.57. The summed E-state index contributed by atoms with van der Waals surface area (Å²) in [7, 11) is 0. The predicted octanol–water partition coefficient (Wildman–Crippen LogP) is 1.68. The van der Waals surface area contributed by atoms with Gasteiger partial charge in [-0.2, -0.15) is 0 Å². The van der Waals surface area contributed by atoms with E-state index in [4.69, 9.17) is 0 Å². The lowest BCUT2D eigenvalue weighted by atomic mass is 10.0. The number of carbonyl (C=O) groups excluding carboxylic acids is 1. The monoisotopic (exact) mass is 248 g/mol. The number of rotatable bonds is 5. The molecule has 0 spiro atoms. The molecule has 1 aliphatic rings. The SMILES string of the molecule is O=C(NCCCn1ccnc1)N[C@@H]1C=CCCC1. The smallest absolute Gasteiger partial charge is 0.315 e. The van der Waals surface area contributed by atoms with Gasteiger partial charge >= 0.3 is 6.03 Å². The second-order valence-electron chi connectivity index (χ2n) is 4.52. The molecule has 0 fully saturated rings. The average molecular weight is 248 g/mol. The number of amides is 2. The number of hydrogen-bond donors (Lipinski definition) is 2. The highest BCUT2D eigenvalue weighted by Gasteiger charge is 2.10. The van der Waals surface area contributed by atoms with Crippen LogP contribution in [-0.2, 0) is 6.54 Å². The first-order valence-corrected chi connectivity index (χ1v) is 6.51. The molecule has 1 aliphatic carbocycles. The molecule has 1 aromatic heterocycles. The molecule has 1 aromatic rings. The van der Waals surface area contributed by atoms with E-state index in [-0.39, 0.29) is 12.1 Å². The first kappa shape index (κ1) is 12.7. The summed E-state index contributed by atoms with van der Waals surface area (Å²) >= 11 is 0. The Labute approximate surface area is 107 Å². The summed E-state index contributed by atoms with van der Waals surface area (Å²) in [4.78, 5) is 15.6. The molecule has 18 heavy (non-hydrogen) atoms. The number of imidazole rings is 1. The molecule has 98 valence electrons. The average Bonchev–Trinajstić information content (AvgIpc) is 2.89. The van der Waals surface area contributed by atoms with Crippen LogP contribution in [0.5, 0.6) is 0 Å². The highest BCUT2D eigenvalue weighted by molar-refractivity contribution is 5.74. The zero-order chi connectivity index (χ0) is 12.6. The van der Waals surface area contributed by atoms with Gasteiger partial charge in [-0.25, -0.2) is 9.78 Å². The fourth-order valence-electron chi connectivity index (χ4n) is 2.03. The fraction of sp³-hybridized carbons (Fsp3) is 0.538. The van der Waals surface area contributed by atoms with Gasteiger partial charge < -0.3 is 15.2 Å². The lowest BCUT2D eigenvalue weighted by molar-refractivity contribution is 0.237. The summed E-state index contributed by atoms with van der Waals surface area (Å²) in [5.41, 5.74) is 0. The van der Waals surface area contributed by atoms with Crippen LogP contribution in [0.15, 0.2) is 30.9 Å². The van der Waals surface area contributed by atoms with E-state index in [1.54, 1.807) is 12.5 Å². The minimum Gasteiger partial charge on any atom is -0.338 e. The van der Waals surface area contributed by atoms with Crippen molar-refractivity contribution >= 4 is 6.03 Å². The summed E-state index contributed by atoms with van der Waals surface area (Å²) < 4.78 is 2.00. The normalized spacial score (nSPS) is 18.6. The summed E-state index contributed by atoms with van der Waals surface area (Å²) in [6, 6.07) is 0.129. The lowest BCUT2D eigenvalue weighted by Gasteiger charge is -2.18. The number of urea groups is 1. The molecule has 0 unspecified atom stereocenters. The van der Waals surface area contributed by atoms with Crippen LogP contribution >= 0.6 is 0 Å². The highest BCUT2D eigenvalue weighted by Crippen LogP contribution is 2.09. The van der Waals surface area contributed by atoms with Gasteiger partial charge in [-0.15, -0.1) is 0 Å². The molecule has 2 rings (SSSR count). The van der Waals surface area contributed by atoms with Gasteiger partial charge in [-0.1, -0.05) is 12.2 Å². The second kappa shape index (κ2) is 6.83. The first-order chi connectivity index (χ1) is 8.84. The summed E-state index contributed by atoms with van der Waals surface area (Å²) in [6.45, 7) is 1.56. The molecule has 0 saturated carbocycles.